The van der Waals surface area contributed by atoms with E-state index >= 15 is 0 Å². The van der Waals surface area contributed by atoms with E-state index in [0.29, 0.717) is 45.6 Å². The Morgan fingerprint density at radius 2 is 1.11 bits per heavy atom. The van der Waals surface area contributed by atoms with Crippen LogP contribution in [0.4, 0.5) is 0 Å². The minimum absolute atomic E-state index is 0.0500. The number of hydrogen-bond acceptors (Lipinski definition) is 6. The van der Waals surface area contributed by atoms with E-state index in [9.17, 15) is 19.5 Å². The van der Waals surface area contributed by atoms with Gasteiger partial charge in [0.2, 0.25) is 18.0 Å². The van der Waals surface area contributed by atoms with E-state index in [0.717, 1.165) is 83.5 Å². The van der Waals surface area contributed by atoms with Crippen LogP contribution in [0.15, 0.2) is 63.2 Å². The van der Waals surface area contributed by atoms with E-state index < -0.39 is 12.1 Å². The van der Waals surface area contributed by atoms with Crippen LogP contribution >= 0.6 is 0 Å². The number of rotatable bonds is 31. The molecule has 0 aliphatic rings. The Kier molecular flexibility index (Phi) is 30.6. The molecule has 1 unspecified atom stereocenters. The van der Waals surface area contributed by atoms with Crippen molar-refractivity contribution < 1.29 is 19.5 Å². The molecule has 0 rings (SSSR count). The number of aliphatic hydroxyl groups is 1. The highest BCUT2D eigenvalue weighted by molar-refractivity contribution is 5.86. The molecule has 0 aliphatic carbocycles. The Morgan fingerprint density at radius 1 is 0.566 bits per heavy atom. The Labute approximate surface area is 321 Å². The van der Waals surface area contributed by atoms with Gasteiger partial charge in [0, 0.05) is 39.0 Å². The maximum absolute atomic E-state index is 12.3. The Morgan fingerprint density at radius 3 is 1.70 bits per heavy atom. The van der Waals surface area contributed by atoms with Crippen molar-refractivity contribution >= 4 is 23.7 Å². The molecule has 0 aliphatic heterocycles. The number of carbonyl (C=O) groups is 3. The van der Waals surface area contributed by atoms with Crippen LogP contribution < -0.4 is 32.7 Å². The van der Waals surface area contributed by atoms with E-state index in [-0.39, 0.29) is 24.2 Å². The van der Waals surface area contributed by atoms with Gasteiger partial charge in [-0.25, -0.2) is 0 Å². The Balaban J connectivity index is 3.91. The van der Waals surface area contributed by atoms with Gasteiger partial charge < -0.3 is 37.8 Å². The van der Waals surface area contributed by atoms with E-state index in [2.05, 4.69) is 98.2 Å². The minimum Gasteiger partial charge on any atom is -0.370 e. The third kappa shape index (κ3) is 33.9. The summed E-state index contributed by atoms with van der Waals surface area (Å²) >= 11 is 0. The van der Waals surface area contributed by atoms with E-state index in [1.165, 1.54) is 27.9 Å². The van der Waals surface area contributed by atoms with E-state index in [4.69, 9.17) is 11.5 Å². The maximum atomic E-state index is 12.3. The van der Waals surface area contributed by atoms with Crippen molar-refractivity contribution in [3.63, 3.8) is 0 Å². The topological polar surface area (TPSA) is 184 Å². The number of allylic oxidation sites excluding steroid dienone is 10. The highest BCUT2D eigenvalue weighted by Gasteiger charge is 2.16. The lowest BCUT2D eigenvalue weighted by Crippen LogP contribution is -2.47. The lowest BCUT2D eigenvalue weighted by Gasteiger charge is -2.13. The number of guanidine groups is 1. The van der Waals surface area contributed by atoms with Crippen molar-refractivity contribution in [2.75, 3.05) is 32.7 Å². The van der Waals surface area contributed by atoms with Crippen LogP contribution in [0.5, 0.6) is 0 Å². The van der Waals surface area contributed by atoms with Crippen LogP contribution in [0, 0.1) is 0 Å². The highest BCUT2D eigenvalue weighted by atomic mass is 16.3. The summed E-state index contributed by atoms with van der Waals surface area (Å²) in [6, 6.07) is 0. The Bertz CT molecular complexity index is 1230. The first kappa shape index (κ1) is 49.3. The SMILES string of the molecule is CC(C)=CCC/C(C)=C/CC/C(C)=C\CC/C=C(\C)CC/C=C(\C)CCC(=O)NCCCNCCNC(=O)C(O)NC(=O)CCCCCCN=C(N)N. The molecule has 0 aromatic carbocycles. The van der Waals surface area contributed by atoms with Crippen LogP contribution in [0.2, 0.25) is 0 Å². The molecule has 53 heavy (non-hydrogen) atoms. The largest absolute Gasteiger partial charge is 0.370 e. The van der Waals surface area contributed by atoms with Crippen molar-refractivity contribution in [1.82, 2.24) is 21.3 Å². The fraction of sp³-hybridized carbons (Fsp3) is 0.667. The number of aliphatic imine (C=N–C) groups is 1. The van der Waals surface area contributed by atoms with Gasteiger partial charge in [-0.05, 0) is 125 Å². The summed E-state index contributed by atoms with van der Waals surface area (Å²) in [5, 5.41) is 21.0. The van der Waals surface area contributed by atoms with Gasteiger partial charge in [-0.2, -0.15) is 0 Å². The minimum atomic E-state index is -1.58. The number of nitrogens with two attached hydrogens (primary N) is 2. The molecular formula is C42H75N7O4. The molecule has 0 heterocycles. The molecule has 0 radical (unpaired) electrons. The highest BCUT2D eigenvalue weighted by Crippen LogP contribution is 2.14. The molecule has 0 saturated carbocycles. The summed E-state index contributed by atoms with van der Waals surface area (Å²) in [7, 11) is 0. The summed E-state index contributed by atoms with van der Waals surface area (Å²) in [6.07, 6.45) is 24.3. The normalized spacial score (nSPS) is 13.0. The molecule has 0 aromatic heterocycles. The second-order valence-corrected chi connectivity index (χ2v) is 14.4. The molecule has 9 N–H and O–H groups in total. The van der Waals surface area contributed by atoms with Gasteiger partial charge in [0.1, 0.15) is 0 Å². The summed E-state index contributed by atoms with van der Waals surface area (Å²) in [5.41, 5.74) is 17.6. The average Bonchev–Trinajstić information content (AvgIpc) is 3.09. The smallest absolute Gasteiger partial charge is 0.269 e. The number of carbonyl (C=O) groups excluding carboxylic acids is 3. The van der Waals surface area contributed by atoms with Crippen molar-refractivity contribution in [2.24, 2.45) is 16.5 Å². The van der Waals surface area contributed by atoms with Crippen LogP contribution in [0.1, 0.15) is 144 Å². The Hall–Kier alpha value is -3.70. The zero-order valence-electron chi connectivity index (χ0n) is 34.1. The van der Waals surface area contributed by atoms with Crippen molar-refractivity contribution in [3.8, 4) is 0 Å². The van der Waals surface area contributed by atoms with Crippen LogP contribution in [-0.4, -0.2) is 67.7 Å². The first-order valence-electron chi connectivity index (χ1n) is 19.8. The first-order valence-corrected chi connectivity index (χ1v) is 19.8. The van der Waals surface area contributed by atoms with Crippen molar-refractivity contribution in [1.29, 1.82) is 0 Å². The number of amides is 3. The van der Waals surface area contributed by atoms with Crippen LogP contribution in [0.3, 0.4) is 0 Å². The summed E-state index contributed by atoms with van der Waals surface area (Å²) in [4.78, 5) is 40.1. The van der Waals surface area contributed by atoms with Gasteiger partial charge in [0.15, 0.2) is 5.96 Å². The standard InChI is InChI=1S/C42H75N7O4/c1-33(2)17-13-20-36(5)23-14-21-34(3)18-10-11-19-35(4)22-15-24-37(6)26-27-38(50)46-30-16-28-45-31-32-47-40(52)41(53)49-39(51)25-9-7-8-12-29-48-42(43)44/h17-19,23-24,41,45,53H,7-16,20-22,25-32H2,1-6H3,(H,46,50)(H,47,52)(H,49,51)(H4,43,44,48)/b34-18-,35-19+,36-23+,37-24+. The number of unbranched alkanes of at least 4 members (excludes halogenated alkanes) is 4. The van der Waals surface area contributed by atoms with Gasteiger partial charge in [0.05, 0.1) is 0 Å². The van der Waals surface area contributed by atoms with E-state index in [1.54, 1.807) is 0 Å². The molecular weight excluding hydrogens is 667 g/mol. The summed E-state index contributed by atoms with van der Waals surface area (Å²) in [6.45, 7) is 15.7. The number of hydrogen-bond donors (Lipinski definition) is 7. The van der Waals surface area contributed by atoms with Gasteiger partial charge in [-0.1, -0.05) is 71.1 Å². The summed E-state index contributed by atoms with van der Waals surface area (Å²) < 4.78 is 0. The molecule has 0 bridgehead atoms. The van der Waals surface area contributed by atoms with Crippen molar-refractivity contribution in [2.45, 2.75) is 151 Å². The molecule has 1 atom stereocenters. The van der Waals surface area contributed by atoms with Gasteiger partial charge in [-0.3, -0.25) is 19.4 Å². The van der Waals surface area contributed by atoms with Gasteiger partial charge in [-0.15, -0.1) is 0 Å². The molecule has 0 saturated heterocycles. The number of aliphatic hydroxyl groups excluding tert-OH is 1. The molecule has 302 valence electrons. The van der Waals surface area contributed by atoms with Gasteiger partial charge >= 0.3 is 0 Å². The first-order chi connectivity index (χ1) is 25.3. The molecule has 0 fully saturated rings. The van der Waals surface area contributed by atoms with Crippen molar-refractivity contribution in [3.05, 3.63) is 58.2 Å². The third-order valence-electron chi connectivity index (χ3n) is 8.66. The predicted octanol–water partition coefficient (Wildman–Crippen LogP) is 6.51. The average molecular weight is 742 g/mol. The molecule has 0 aromatic rings. The molecule has 3 amide bonds. The molecule has 0 spiro atoms. The maximum Gasteiger partial charge on any atom is 0.269 e. The second-order valence-electron chi connectivity index (χ2n) is 14.4. The summed E-state index contributed by atoms with van der Waals surface area (Å²) in [5.74, 6) is -0.898. The van der Waals surface area contributed by atoms with Crippen LogP contribution in [-0.2, 0) is 14.4 Å². The molecule has 11 nitrogen and oxygen atoms in total. The van der Waals surface area contributed by atoms with Gasteiger partial charge in [0.25, 0.3) is 5.91 Å². The lowest BCUT2D eigenvalue weighted by molar-refractivity contribution is -0.136. The zero-order valence-corrected chi connectivity index (χ0v) is 34.1. The zero-order chi connectivity index (χ0) is 39.7. The lowest BCUT2D eigenvalue weighted by atomic mass is 10.0. The third-order valence-corrected chi connectivity index (χ3v) is 8.66. The second kappa shape index (κ2) is 32.9. The predicted molar refractivity (Wildman–Crippen MR) is 222 cm³/mol. The van der Waals surface area contributed by atoms with Crippen LogP contribution in [0.25, 0.3) is 0 Å². The fourth-order valence-corrected chi connectivity index (χ4v) is 5.33. The monoisotopic (exact) mass is 742 g/mol. The van der Waals surface area contributed by atoms with E-state index in [1.807, 2.05) is 0 Å². The molecule has 11 heteroatoms. The number of nitrogens with one attached hydrogen (secondary N) is 4. The fourth-order valence-electron chi connectivity index (χ4n) is 5.33. The number of nitrogens with zero attached hydrogens (tertiary/aromatic N) is 1. The quantitative estimate of drug-likeness (QED) is 0.0139.